The lowest BCUT2D eigenvalue weighted by atomic mass is 10.1. The Bertz CT molecular complexity index is 1070. The minimum Gasteiger partial charge on any atom is -0.384 e. The third-order valence-electron chi connectivity index (χ3n) is 5.44. The van der Waals surface area contributed by atoms with Crippen LogP contribution in [0.4, 0.5) is 0 Å². The number of hydrogen-bond donors (Lipinski definition) is 2. The van der Waals surface area contributed by atoms with E-state index < -0.39 is 7.37 Å². The zero-order valence-electron chi connectivity index (χ0n) is 18.0. The molecule has 7 heteroatoms. The summed E-state index contributed by atoms with van der Waals surface area (Å²) in [7, 11) is -0.871. The topological polar surface area (TPSA) is 94.0 Å². The highest BCUT2D eigenvalue weighted by atomic mass is 31.2. The highest BCUT2D eigenvalue weighted by Crippen LogP contribution is 2.45. The summed E-state index contributed by atoms with van der Waals surface area (Å²) in [5.41, 5.74) is 9.17. The first kappa shape index (κ1) is 22.3. The van der Waals surface area contributed by atoms with Crippen LogP contribution in [0.2, 0.25) is 0 Å². The molecule has 0 bridgehead atoms. The van der Waals surface area contributed by atoms with Crippen molar-refractivity contribution in [3.63, 3.8) is 0 Å². The standard InChI is InChI=1S/C23H31N4O2P/c1-4-6-7-14-29-30(28,5-2)19-12-13-21-20(16-19)26-22(27(21)3)15-17-8-10-18(11-9-17)23(24)25/h8-13,16H,4-7,14-15H2,1-3H3,(H3,24,25). The molecule has 160 valence electrons. The fraction of sp³-hybridized carbons (Fsp3) is 0.391. The molecule has 0 saturated carbocycles. The highest BCUT2D eigenvalue weighted by molar-refractivity contribution is 7.66. The van der Waals surface area contributed by atoms with Crippen LogP contribution in [-0.2, 0) is 22.6 Å². The predicted molar refractivity (Wildman–Crippen MR) is 124 cm³/mol. The van der Waals surface area contributed by atoms with Gasteiger partial charge in [-0.2, -0.15) is 0 Å². The van der Waals surface area contributed by atoms with Gasteiger partial charge in [0.15, 0.2) is 0 Å². The van der Waals surface area contributed by atoms with Crippen molar-refractivity contribution in [1.82, 2.24) is 9.55 Å². The predicted octanol–water partition coefficient (Wildman–Crippen LogP) is 4.58. The van der Waals surface area contributed by atoms with Gasteiger partial charge in [-0.15, -0.1) is 0 Å². The number of nitrogens with two attached hydrogens (primary N) is 1. The van der Waals surface area contributed by atoms with E-state index in [1.54, 1.807) is 0 Å². The van der Waals surface area contributed by atoms with Gasteiger partial charge in [0.25, 0.3) is 0 Å². The normalized spacial score (nSPS) is 13.4. The molecule has 0 aliphatic rings. The zero-order valence-corrected chi connectivity index (χ0v) is 18.9. The number of imidazole rings is 1. The van der Waals surface area contributed by atoms with Crippen LogP contribution < -0.4 is 11.0 Å². The summed E-state index contributed by atoms with van der Waals surface area (Å²) in [4.78, 5) is 4.80. The van der Waals surface area contributed by atoms with E-state index in [1.165, 1.54) is 0 Å². The lowest BCUT2D eigenvalue weighted by Crippen LogP contribution is -2.10. The van der Waals surface area contributed by atoms with E-state index in [-0.39, 0.29) is 5.84 Å². The minimum atomic E-state index is -2.87. The van der Waals surface area contributed by atoms with E-state index in [2.05, 4.69) is 11.5 Å². The van der Waals surface area contributed by atoms with Crippen LogP contribution in [0.1, 0.15) is 50.1 Å². The second-order valence-electron chi connectivity index (χ2n) is 7.58. The molecule has 0 amide bonds. The van der Waals surface area contributed by atoms with Gasteiger partial charge in [0, 0.05) is 30.5 Å². The van der Waals surface area contributed by atoms with Gasteiger partial charge in [0.1, 0.15) is 11.7 Å². The van der Waals surface area contributed by atoms with Gasteiger partial charge < -0.3 is 14.8 Å². The van der Waals surface area contributed by atoms with Crippen molar-refractivity contribution in [3.8, 4) is 0 Å². The molecule has 3 aromatic rings. The quantitative estimate of drug-likeness (QED) is 0.215. The summed E-state index contributed by atoms with van der Waals surface area (Å²) in [6.45, 7) is 4.59. The molecule has 0 fully saturated rings. The van der Waals surface area contributed by atoms with Crippen LogP contribution >= 0.6 is 7.37 Å². The maximum Gasteiger partial charge on any atom is 0.231 e. The zero-order chi connectivity index (χ0) is 21.7. The van der Waals surface area contributed by atoms with Crippen LogP contribution in [0.15, 0.2) is 42.5 Å². The molecule has 3 rings (SSSR count). The summed E-state index contributed by atoms with van der Waals surface area (Å²) >= 11 is 0. The highest BCUT2D eigenvalue weighted by Gasteiger charge is 2.24. The molecular weight excluding hydrogens is 395 g/mol. The van der Waals surface area contributed by atoms with E-state index in [0.717, 1.165) is 47.0 Å². The van der Waals surface area contributed by atoms with Gasteiger partial charge in [-0.05, 0) is 30.2 Å². The number of aryl methyl sites for hydroxylation is 1. The summed E-state index contributed by atoms with van der Waals surface area (Å²) < 4.78 is 21.3. The first-order valence-corrected chi connectivity index (χ1v) is 12.3. The molecular formula is C23H31N4O2P. The molecule has 30 heavy (non-hydrogen) atoms. The monoisotopic (exact) mass is 426 g/mol. The molecule has 0 aliphatic heterocycles. The first-order chi connectivity index (χ1) is 14.4. The van der Waals surface area contributed by atoms with Crippen LogP contribution in [0, 0.1) is 5.41 Å². The Kier molecular flexibility index (Phi) is 7.11. The number of nitrogen functional groups attached to an aromatic ring is 1. The fourth-order valence-electron chi connectivity index (χ4n) is 3.51. The van der Waals surface area contributed by atoms with Crippen LogP contribution in [-0.4, -0.2) is 28.2 Å². The Morgan fingerprint density at radius 3 is 2.53 bits per heavy atom. The molecule has 6 nitrogen and oxygen atoms in total. The second-order valence-corrected chi connectivity index (χ2v) is 10.3. The van der Waals surface area contributed by atoms with Crippen LogP contribution in [0.25, 0.3) is 11.0 Å². The number of nitrogens with zero attached hydrogens (tertiary/aromatic N) is 2. The van der Waals surface area contributed by atoms with Crippen molar-refractivity contribution in [3.05, 3.63) is 59.4 Å². The number of unbranched alkanes of at least 4 members (excludes halogenated alkanes) is 2. The van der Waals surface area contributed by atoms with Crippen molar-refractivity contribution in [2.75, 3.05) is 12.8 Å². The smallest absolute Gasteiger partial charge is 0.231 e. The SMILES string of the molecule is CCCCCOP(=O)(CC)c1ccc2c(c1)nc(Cc1ccc(C(=N)N)cc1)n2C. The van der Waals surface area contributed by atoms with Crippen molar-refractivity contribution >= 4 is 29.5 Å². The van der Waals surface area contributed by atoms with Crippen molar-refractivity contribution in [1.29, 1.82) is 5.41 Å². The van der Waals surface area contributed by atoms with E-state index in [0.29, 0.717) is 24.8 Å². The maximum atomic E-state index is 13.4. The number of benzene rings is 2. The largest absolute Gasteiger partial charge is 0.384 e. The number of hydrogen-bond acceptors (Lipinski definition) is 4. The molecule has 1 heterocycles. The Morgan fingerprint density at radius 2 is 1.90 bits per heavy atom. The van der Waals surface area contributed by atoms with Gasteiger partial charge in [-0.25, -0.2) is 4.98 Å². The third-order valence-corrected chi connectivity index (χ3v) is 7.94. The third kappa shape index (κ3) is 4.82. The summed E-state index contributed by atoms with van der Waals surface area (Å²) in [6, 6.07) is 13.5. The van der Waals surface area contributed by atoms with Crippen LogP contribution in [0.3, 0.4) is 0 Å². The molecule has 0 saturated heterocycles. The summed E-state index contributed by atoms with van der Waals surface area (Å²) in [5.74, 6) is 0.988. The van der Waals surface area contributed by atoms with Crippen LogP contribution in [0.5, 0.6) is 0 Å². The molecule has 2 aromatic carbocycles. The van der Waals surface area contributed by atoms with Crippen molar-refractivity contribution in [2.24, 2.45) is 12.8 Å². The van der Waals surface area contributed by atoms with Gasteiger partial charge in [-0.3, -0.25) is 9.97 Å². The molecule has 0 radical (unpaired) electrons. The summed E-state index contributed by atoms with van der Waals surface area (Å²) in [5, 5.41) is 8.25. The van der Waals surface area contributed by atoms with E-state index in [1.807, 2.05) is 56.4 Å². The molecule has 0 aliphatic carbocycles. The number of nitrogens with one attached hydrogen (secondary N) is 1. The molecule has 1 atom stereocenters. The lowest BCUT2D eigenvalue weighted by molar-refractivity contribution is 0.310. The number of aromatic nitrogens is 2. The van der Waals surface area contributed by atoms with Gasteiger partial charge >= 0.3 is 0 Å². The maximum absolute atomic E-state index is 13.4. The average molecular weight is 427 g/mol. The summed E-state index contributed by atoms with van der Waals surface area (Å²) in [6.07, 6.45) is 4.27. The Morgan fingerprint density at radius 1 is 1.17 bits per heavy atom. The van der Waals surface area contributed by atoms with Gasteiger partial charge in [0.05, 0.1) is 17.6 Å². The molecule has 3 N–H and O–H groups in total. The van der Waals surface area contributed by atoms with E-state index in [4.69, 9.17) is 20.7 Å². The lowest BCUT2D eigenvalue weighted by Gasteiger charge is -2.17. The Hall–Kier alpha value is -2.43. The van der Waals surface area contributed by atoms with Gasteiger partial charge in [0.2, 0.25) is 7.37 Å². The average Bonchev–Trinajstić information content (AvgIpc) is 3.06. The van der Waals surface area contributed by atoms with Gasteiger partial charge in [-0.1, -0.05) is 51.0 Å². The Balaban J connectivity index is 1.85. The molecule has 1 aromatic heterocycles. The minimum absolute atomic E-state index is 0.0640. The molecule has 1 unspecified atom stereocenters. The number of rotatable bonds is 10. The number of amidine groups is 1. The fourth-order valence-corrected chi connectivity index (χ4v) is 5.25. The number of fused-ring (bicyclic) bond motifs is 1. The molecule has 0 spiro atoms. The Labute approximate surface area is 178 Å². The first-order valence-electron chi connectivity index (χ1n) is 10.5. The van der Waals surface area contributed by atoms with Crippen molar-refractivity contribution in [2.45, 2.75) is 39.5 Å². The van der Waals surface area contributed by atoms with Crippen molar-refractivity contribution < 1.29 is 9.09 Å². The second kappa shape index (κ2) is 9.59. The van der Waals surface area contributed by atoms with E-state index >= 15 is 0 Å². The van der Waals surface area contributed by atoms with E-state index in [9.17, 15) is 4.57 Å².